The Balaban J connectivity index is 2.62. The fraction of sp³-hybridized carbons (Fsp3) is 0.286. The van der Waals surface area contributed by atoms with E-state index in [4.69, 9.17) is 5.11 Å². The Morgan fingerprint density at radius 2 is 1.83 bits per heavy atom. The number of carboxylic acids is 1. The van der Waals surface area contributed by atoms with Gasteiger partial charge < -0.3 is 10.4 Å². The molecule has 0 spiro atoms. The first-order valence-electron chi connectivity index (χ1n) is 5.74. The van der Waals surface area contributed by atoms with Gasteiger partial charge in [-0.25, -0.2) is 4.79 Å². The normalized spacial score (nSPS) is 11.1. The van der Waals surface area contributed by atoms with E-state index >= 15 is 0 Å². The number of hydrogen-bond donors (Lipinski definition) is 2. The molecule has 4 nitrogen and oxygen atoms in total. The smallest absolute Gasteiger partial charge is 0.328 e. The van der Waals surface area contributed by atoms with Crippen LogP contribution in [0, 0.1) is 0 Å². The van der Waals surface area contributed by atoms with E-state index in [9.17, 15) is 9.59 Å². The minimum atomic E-state index is -0.942. The summed E-state index contributed by atoms with van der Waals surface area (Å²) in [7, 11) is 0. The molecule has 96 valence electrons. The topological polar surface area (TPSA) is 66.4 Å². The van der Waals surface area contributed by atoms with E-state index in [1.165, 1.54) is 13.0 Å². The van der Waals surface area contributed by atoms with Crippen LogP contribution in [0.2, 0.25) is 0 Å². The van der Waals surface area contributed by atoms with Gasteiger partial charge in [0.1, 0.15) is 0 Å². The Hall–Kier alpha value is -2.10. The molecule has 0 fully saturated rings. The van der Waals surface area contributed by atoms with Crippen molar-refractivity contribution >= 4 is 17.4 Å². The lowest BCUT2D eigenvalue weighted by atomic mass is 10.0. The van der Waals surface area contributed by atoms with Crippen LogP contribution in [0.1, 0.15) is 25.0 Å². The van der Waals surface area contributed by atoms with Crippen LogP contribution in [-0.4, -0.2) is 23.5 Å². The van der Waals surface area contributed by atoms with Crippen molar-refractivity contribution in [2.45, 2.75) is 20.3 Å². The molecule has 1 aromatic carbocycles. The summed E-state index contributed by atoms with van der Waals surface area (Å²) in [5.74, 6) is -0.978. The first kappa shape index (κ1) is 14.0. The highest BCUT2D eigenvalue weighted by atomic mass is 16.4. The quantitative estimate of drug-likeness (QED) is 0.780. The summed E-state index contributed by atoms with van der Waals surface area (Å²) in [6, 6.07) is 7.66. The Morgan fingerprint density at radius 3 is 2.33 bits per heavy atom. The Labute approximate surface area is 106 Å². The van der Waals surface area contributed by atoms with Crippen molar-refractivity contribution in [1.82, 2.24) is 5.32 Å². The number of amides is 1. The summed E-state index contributed by atoms with van der Waals surface area (Å²) in [6.07, 6.45) is 1.95. The van der Waals surface area contributed by atoms with E-state index in [2.05, 4.69) is 5.32 Å². The number of hydrogen-bond acceptors (Lipinski definition) is 2. The van der Waals surface area contributed by atoms with Gasteiger partial charge in [-0.3, -0.25) is 4.79 Å². The molecule has 0 heterocycles. The summed E-state index contributed by atoms with van der Waals surface area (Å²) in [5, 5.41) is 11.4. The lowest BCUT2D eigenvalue weighted by Crippen LogP contribution is -2.22. The third-order valence-corrected chi connectivity index (χ3v) is 2.54. The molecule has 1 amide bonds. The molecule has 0 unspecified atom stereocenters. The molecule has 0 aliphatic rings. The maximum Gasteiger partial charge on any atom is 0.328 e. The fourth-order valence-corrected chi connectivity index (χ4v) is 1.59. The third kappa shape index (κ3) is 4.82. The largest absolute Gasteiger partial charge is 0.478 e. The molecule has 0 radical (unpaired) electrons. The second kappa shape index (κ2) is 6.59. The number of aliphatic carboxylic acids is 1. The summed E-state index contributed by atoms with van der Waals surface area (Å²) in [6.45, 7) is 3.86. The van der Waals surface area contributed by atoms with Gasteiger partial charge in [-0.05, 0) is 30.0 Å². The van der Waals surface area contributed by atoms with Gasteiger partial charge in [-0.2, -0.15) is 0 Å². The average Bonchev–Trinajstić information content (AvgIpc) is 2.28. The van der Waals surface area contributed by atoms with Gasteiger partial charge in [0.05, 0.1) is 0 Å². The summed E-state index contributed by atoms with van der Waals surface area (Å²) in [4.78, 5) is 21.2. The highest BCUT2D eigenvalue weighted by Crippen LogP contribution is 2.14. The average molecular weight is 247 g/mol. The Bertz CT molecular complexity index is 460. The predicted molar refractivity (Wildman–Crippen MR) is 70.1 cm³/mol. The minimum Gasteiger partial charge on any atom is -0.478 e. The number of carbonyl (C=O) groups excluding carboxylic acids is 1. The Kier molecular flexibility index (Phi) is 5.11. The first-order chi connectivity index (χ1) is 8.49. The molecule has 0 aliphatic heterocycles. The van der Waals surface area contributed by atoms with E-state index in [1.54, 1.807) is 6.92 Å². The zero-order chi connectivity index (χ0) is 13.5. The number of benzene rings is 1. The van der Waals surface area contributed by atoms with Crippen molar-refractivity contribution in [3.8, 4) is 0 Å². The van der Waals surface area contributed by atoms with Gasteiger partial charge in [0.15, 0.2) is 0 Å². The fourth-order valence-electron chi connectivity index (χ4n) is 1.59. The van der Waals surface area contributed by atoms with Gasteiger partial charge in [0, 0.05) is 19.5 Å². The summed E-state index contributed by atoms with van der Waals surface area (Å²) in [5.41, 5.74) is 2.72. The van der Waals surface area contributed by atoms with Crippen LogP contribution in [0.4, 0.5) is 0 Å². The van der Waals surface area contributed by atoms with Crippen molar-refractivity contribution in [2.75, 3.05) is 6.54 Å². The lowest BCUT2D eigenvalue weighted by Gasteiger charge is -2.05. The zero-order valence-electron chi connectivity index (χ0n) is 10.6. The SMILES string of the molecule is CC(=O)NCCc1ccc(C(C)=CC(=O)O)cc1. The number of nitrogens with one attached hydrogen (secondary N) is 1. The maximum atomic E-state index is 10.7. The van der Waals surface area contributed by atoms with Crippen molar-refractivity contribution in [2.24, 2.45) is 0 Å². The molecule has 0 aliphatic carbocycles. The molecule has 0 saturated carbocycles. The highest BCUT2D eigenvalue weighted by Gasteiger charge is 1.99. The molecule has 0 atom stereocenters. The second-order valence-corrected chi connectivity index (χ2v) is 4.10. The van der Waals surface area contributed by atoms with Crippen molar-refractivity contribution in [3.63, 3.8) is 0 Å². The zero-order valence-corrected chi connectivity index (χ0v) is 10.6. The van der Waals surface area contributed by atoms with Crippen LogP contribution >= 0.6 is 0 Å². The van der Waals surface area contributed by atoms with Crippen LogP contribution in [0.3, 0.4) is 0 Å². The minimum absolute atomic E-state index is 0.0353. The second-order valence-electron chi connectivity index (χ2n) is 4.10. The van der Waals surface area contributed by atoms with Crippen molar-refractivity contribution in [3.05, 3.63) is 41.5 Å². The van der Waals surface area contributed by atoms with Gasteiger partial charge in [-0.1, -0.05) is 24.3 Å². The molecule has 0 aromatic heterocycles. The third-order valence-electron chi connectivity index (χ3n) is 2.54. The van der Waals surface area contributed by atoms with Gasteiger partial charge in [0.25, 0.3) is 0 Å². The summed E-state index contributed by atoms with van der Waals surface area (Å²) >= 11 is 0. The molecule has 0 bridgehead atoms. The van der Waals surface area contributed by atoms with Crippen LogP contribution in [0.5, 0.6) is 0 Å². The molecule has 18 heavy (non-hydrogen) atoms. The van der Waals surface area contributed by atoms with E-state index in [0.717, 1.165) is 23.1 Å². The van der Waals surface area contributed by atoms with E-state index in [-0.39, 0.29) is 5.91 Å². The first-order valence-corrected chi connectivity index (χ1v) is 5.74. The van der Waals surface area contributed by atoms with Gasteiger partial charge in [-0.15, -0.1) is 0 Å². The molecule has 2 N–H and O–H groups in total. The standard InChI is InChI=1S/C14H17NO3/c1-10(9-14(17)18)13-5-3-12(4-6-13)7-8-15-11(2)16/h3-6,9H,7-8H2,1-2H3,(H,15,16)(H,17,18). The number of rotatable bonds is 5. The van der Waals surface area contributed by atoms with E-state index in [0.29, 0.717) is 6.54 Å². The van der Waals surface area contributed by atoms with E-state index < -0.39 is 5.97 Å². The van der Waals surface area contributed by atoms with Crippen LogP contribution in [-0.2, 0) is 16.0 Å². The molecule has 0 saturated heterocycles. The Morgan fingerprint density at radius 1 is 1.22 bits per heavy atom. The van der Waals surface area contributed by atoms with E-state index in [1.807, 2.05) is 24.3 Å². The summed E-state index contributed by atoms with van der Waals surface area (Å²) < 4.78 is 0. The monoisotopic (exact) mass is 247 g/mol. The predicted octanol–water partition coefficient (Wildman–Crippen LogP) is 1.85. The van der Waals surface area contributed by atoms with Gasteiger partial charge in [0.2, 0.25) is 5.91 Å². The van der Waals surface area contributed by atoms with Crippen molar-refractivity contribution < 1.29 is 14.7 Å². The molecular weight excluding hydrogens is 230 g/mol. The number of carboxylic acid groups (broad SMARTS) is 1. The molecular formula is C14H17NO3. The number of allylic oxidation sites excluding steroid dienone is 1. The van der Waals surface area contributed by atoms with Crippen LogP contribution in [0.25, 0.3) is 5.57 Å². The van der Waals surface area contributed by atoms with Gasteiger partial charge >= 0.3 is 5.97 Å². The molecule has 4 heteroatoms. The molecule has 1 aromatic rings. The van der Waals surface area contributed by atoms with Crippen LogP contribution < -0.4 is 5.32 Å². The number of carbonyl (C=O) groups is 2. The van der Waals surface area contributed by atoms with Crippen LogP contribution in [0.15, 0.2) is 30.3 Å². The highest BCUT2D eigenvalue weighted by molar-refractivity contribution is 5.89. The lowest BCUT2D eigenvalue weighted by molar-refractivity contribution is -0.131. The van der Waals surface area contributed by atoms with Crippen molar-refractivity contribution in [1.29, 1.82) is 0 Å². The maximum absolute atomic E-state index is 10.7. The molecule has 1 rings (SSSR count).